The van der Waals surface area contributed by atoms with Gasteiger partial charge in [0.1, 0.15) is 5.82 Å². The monoisotopic (exact) mass is 266 g/mol. The zero-order valence-corrected chi connectivity index (χ0v) is 10.8. The van der Waals surface area contributed by atoms with Gasteiger partial charge in [-0.2, -0.15) is 0 Å². The second-order valence-corrected chi connectivity index (χ2v) is 5.53. The molecule has 0 aliphatic carbocycles. The molecule has 0 saturated carbocycles. The number of nitrogens with zero attached hydrogens (tertiary/aromatic N) is 1. The van der Waals surface area contributed by atoms with Crippen LogP contribution in [0.2, 0.25) is 0 Å². The molecule has 0 bridgehead atoms. The predicted octanol–water partition coefficient (Wildman–Crippen LogP) is 3.42. The Morgan fingerprint density at radius 1 is 1.44 bits per heavy atom. The van der Waals surface area contributed by atoms with Gasteiger partial charge in [0.15, 0.2) is 5.13 Å². The molecule has 5 heteroatoms. The van der Waals surface area contributed by atoms with Crippen LogP contribution in [0.15, 0.2) is 18.2 Å². The number of rotatable bonds is 3. The SMILES string of the molecule is Fc1ccc2nc(NCC3CCCCO3)sc2c1. The predicted molar refractivity (Wildman–Crippen MR) is 71.7 cm³/mol. The van der Waals surface area contributed by atoms with Crippen LogP contribution >= 0.6 is 11.3 Å². The standard InChI is InChI=1S/C13H15FN2OS/c14-9-4-5-11-12(7-9)18-13(16-11)15-8-10-3-1-2-6-17-10/h4-5,7,10H,1-3,6,8H2,(H,15,16). The van der Waals surface area contributed by atoms with Crippen molar-refractivity contribution < 1.29 is 9.13 Å². The number of ether oxygens (including phenoxy) is 1. The van der Waals surface area contributed by atoms with Crippen molar-refractivity contribution in [2.75, 3.05) is 18.5 Å². The van der Waals surface area contributed by atoms with Crippen molar-refractivity contribution in [1.82, 2.24) is 4.98 Å². The van der Waals surface area contributed by atoms with Gasteiger partial charge in [-0.25, -0.2) is 9.37 Å². The first kappa shape index (κ1) is 11.9. The molecule has 1 aliphatic rings. The van der Waals surface area contributed by atoms with Gasteiger partial charge in [0.25, 0.3) is 0 Å². The molecular formula is C13H15FN2OS. The molecule has 1 aromatic heterocycles. The van der Waals surface area contributed by atoms with Crippen molar-refractivity contribution >= 4 is 26.7 Å². The normalized spacial score (nSPS) is 20.2. The molecule has 96 valence electrons. The Hall–Kier alpha value is -1.20. The minimum atomic E-state index is -0.215. The summed E-state index contributed by atoms with van der Waals surface area (Å²) in [5.41, 5.74) is 0.841. The zero-order valence-electron chi connectivity index (χ0n) is 9.99. The third-order valence-corrected chi connectivity index (χ3v) is 4.08. The number of hydrogen-bond donors (Lipinski definition) is 1. The Balaban J connectivity index is 1.67. The fraction of sp³-hybridized carbons (Fsp3) is 0.462. The number of hydrogen-bond acceptors (Lipinski definition) is 4. The number of fused-ring (bicyclic) bond motifs is 1. The molecule has 0 radical (unpaired) electrons. The van der Waals surface area contributed by atoms with Crippen LogP contribution < -0.4 is 5.32 Å². The van der Waals surface area contributed by atoms with Crippen molar-refractivity contribution in [1.29, 1.82) is 0 Å². The summed E-state index contributed by atoms with van der Waals surface area (Å²) in [5.74, 6) is -0.215. The molecule has 18 heavy (non-hydrogen) atoms. The summed E-state index contributed by atoms with van der Waals surface area (Å²) in [7, 11) is 0. The van der Waals surface area contributed by atoms with Crippen molar-refractivity contribution in [3.05, 3.63) is 24.0 Å². The number of halogens is 1. The van der Waals surface area contributed by atoms with E-state index in [1.807, 2.05) is 0 Å². The molecule has 1 saturated heterocycles. The van der Waals surface area contributed by atoms with E-state index in [0.29, 0.717) is 0 Å². The first-order chi connectivity index (χ1) is 8.81. The van der Waals surface area contributed by atoms with Crippen LogP contribution in [0.1, 0.15) is 19.3 Å². The molecule has 2 aromatic rings. The van der Waals surface area contributed by atoms with Gasteiger partial charge < -0.3 is 10.1 Å². The van der Waals surface area contributed by atoms with E-state index < -0.39 is 0 Å². The lowest BCUT2D eigenvalue weighted by Gasteiger charge is -2.22. The van der Waals surface area contributed by atoms with Gasteiger partial charge in [0, 0.05) is 13.2 Å². The maximum Gasteiger partial charge on any atom is 0.183 e. The van der Waals surface area contributed by atoms with Crippen molar-refractivity contribution in [3.8, 4) is 0 Å². The molecule has 3 nitrogen and oxygen atoms in total. The lowest BCUT2D eigenvalue weighted by Crippen LogP contribution is -2.26. The van der Waals surface area contributed by atoms with Crippen LogP contribution in [0.5, 0.6) is 0 Å². The van der Waals surface area contributed by atoms with Gasteiger partial charge in [-0.05, 0) is 37.5 Å². The van der Waals surface area contributed by atoms with Crippen LogP contribution in [-0.4, -0.2) is 24.2 Å². The van der Waals surface area contributed by atoms with Crippen molar-refractivity contribution in [2.45, 2.75) is 25.4 Å². The lowest BCUT2D eigenvalue weighted by molar-refractivity contribution is 0.0247. The van der Waals surface area contributed by atoms with Gasteiger partial charge in [-0.1, -0.05) is 11.3 Å². The summed E-state index contributed by atoms with van der Waals surface area (Å²) < 4.78 is 19.6. The minimum Gasteiger partial charge on any atom is -0.376 e. The van der Waals surface area contributed by atoms with E-state index in [4.69, 9.17) is 4.74 Å². The molecule has 1 N–H and O–H groups in total. The van der Waals surface area contributed by atoms with Gasteiger partial charge in [0.2, 0.25) is 0 Å². The second kappa shape index (κ2) is 5.20. The summed E-state index contributed by atoms with van der Waals surface area (Å²) in [5, 5.41) is 4.12. The fourth-order valence-corrected chi connectivity index (χ4v) is 3.04. The highest BCUT2D eigenvalue weighted by atomic mass is 32.1. The molecule has 1 aliphatic heterocycles. The summed E-state index contributed by atoms with van der Waals surface area (Å²) >= 11 is 1.48. The summed E-state index contributed by atoms with van der Waals surface area (Å²) in [6.07, 6.45) is 3.78. The Labute approximate surface area is 109 Å². The minimum absolute atomic E-state index is 0.215. The van der Waals surface area contributed by atoms with E-state index in [1.54, 1.807) is 6.07 Å². The second-order valence-electron chi connectivity index (χ2n) is 4.50. The molecule has 0 amide bonds. The molecule has 1 fully saturated rings. The number of anilines is 1. The molecular weight excluding hydrogens is 251 g/mol. The van der Waals surface area contributed by atoms with E-state index in [0.717, 1.165) is 41.3 Å². The molecule has 2 heterocycles. The fourth-order valence-electron chi connectivity index (χ4n) is 2.14. The van der Waals surface area contributed by atoms with E-state index >= 15 is 0 Å². The average Bonchev–Trinajstić information content (AvgIpc) is 2.79. The van der Waals surface area contributed by atoms with Gasteiger partial charge >= 0.3 is 0 Å². The van der Waals surface area contributed by atoms with Crippen LogP contribution in [0.25, 0.3) is 10.2 Å². The molecule has 1 unspecified atom stereocenters. The van der Waals surface area contributed by atoms with Crippen LogP contribution in [-0.2, 0) is 4.74 Å². The maximum absolute atomic E-state index is 13.1. The summed E-state index contributed by atoms with van der Waals surface area (Å²) in [4.78, 5) is 4.42. The number of benzene rings is 1. The summed E-state index contributed by atoms with van der Waals surface area (Å²) in [6, 6.07) is 4.68. The first-order valence-electron chi connectivity index (χ1n) is 6.23. The lowest BCUT2D eigenvalue weighted by atomic mass is 10.1. The highest BCUT2D eigenvalue weighted by Gasteiger charge is 2.14. The first-order valence-corrected chi connectivity index (χ1v) is 7.04. The Morgan fingerprint density at radius 3 is 3.22 bits per heavy atom. The quantitative estimate of drug-likeness (QED) is 0.924. The third-order valence-electron chi connectivity index (χ3n) is 3.11. The van der Waals surface area contributed by atoms with E-state index in [-0.39, 0.29) is 11.9 Å². The van der Waals surface area contributed by atoms with Crippen molar-refractivity contribution in [2.24, 2.45) is 0 Å². The Bertz CT molecular complexity index is 537. The third kappa shape index (κ3) is 2.62. The van der Waals surface area contributed by atoms with Gasteiger partial charge in [-0.15, -0.1) is 0 Å². The van der Waals surface area contributed by atoms with E-state index in [2.05, 4.69) is 10.3 Å². The Morgan fingerprint density at radius 2 is 2.39 bits per heavy atom. The number of thiazole rings is 1. The van der Waals surface area contributed by atoms with Crippen LogP contribution in [0.3, 0.4) is 0 Å². The van der Waals surface area contributed by atoms with Gasteiger partial charge in [0.05, 0.1) is 16.3 Å². The largest absolute Gasteiger partial charge is 0.376 e. The average molecular weight is 266 g/mol. The summed E-state index contributed by atoms with van der Waals surface area (Å²) in [6.45, 7) is 1.64. The van der Waals surface area contributed by atoms with Crippen molar-refractivity contribution in [3.63, 3.8) is 0 Å². The molecule has 1 atom stereocenters. The smallest absolute Gasteiger partial charge is 0.183 e. The van der Waals surface area contributed by atoms with Crippen LogP contribution in [0.4, 0.5) is 9.52 Å². The highest BCUT2D eigenvalue weighted by Crippen LogP contribution is 2.26. The highest BCUT2D eigenvalue weighted by molar-refractivity contribution is 7.22. The Kier molecular flexibility index (Phi) is 3.43. The van der Waals surface area contributed by atoms with Crippen LogP contribution in [0, 0.1) is 5.82 Å². The zero-order chi connectivity index (χ0) is 12.4. The molecule has 3 rings (SSSR count). The molecule has 0 spiro atoms. The molecule has 1 aromatic carbocycles. The van der Waals surface area contributed by atoms with E-state index in [1.165, 1.54) is 29.9 Å². The topological polar surface area (TPSA) is 34.2 Å². The van der Waals surface area contributed by atoms with Gasteiger partial charge in [-0.3, -0.25) is 0 Å². The number of aromatic nitrogens is 1. The maximum atomic E-state index is 13.1. The van der Waals surface area contributed by atoms with E-state index in [9.17, 15) is 4.39 Å². The number of nitrogens with one attached hydrogen (secondary N) is 1.